The van der Waals surface area contributed by atoms with Gasteiger partial charge in [0.1, 0.15) is 12.1 Å². The summed E-state index contributed by atoms with van der Waals surface area (Å²) >= 11 is 0. The van der Waals surface area contributed by atoms with Crippen molar-refractivity contribution in [3.8, 4) is 0 Å². The number of rotatable bonds is 6. The molecule has 1 aromatic heterocycles. The number of ether oxygens (including phenoxy) is 1. The highest BCUT2D eigenvalue weighted by molar-refractivity contribution is 5.23. The van der Waals surface area contributed by atoms with Crippen LogP contribution >= 0.6 is 0 Å². The van der Waals surface area contributed by atoms with Crippen LogP contribution in [0.1, 0.15) is 49.7 Å². The van der Waals surface area contributed by atoms with Gasteiger partial charge in [-0.3, -0.25) is 0 Å². The zero-order valence-electron chi connectivity index (χ0n) is 11.2. The Balaban J connectivity index is 2.16. The Morgan fingerprint density at radius 2 is 2.00 bits per heavy atom. The van der Waals surface area contributed by atoms with Crippen LogP contribution in [0.5, 0.6) is 0 Å². The normalized spacial score (nSPS) is 14.3. The van der Waals surface area contributed by atoms with Gasteiger partial charge in [-0.15, -0.1) is 0 Å². The van der Waals surface area contributed by atoms with E-state index in [9.17, 15) is 0 Å². The molecule has 19 heavy (non-hydrogen) atoms. The first kappa shape index (κ1) is 13.7. The van der Waals surface area contributed by atoms with E-state index in [2.05, 4.69) is 10.1 Å². The SMILES string of the molecule is CCOC(CC)c1noc([C@@H](N)c2ccccc2)n1. The Kier molecular flexibility index (Phi) is 4.65. The lowest BCUT2D eigenvalue weighted by Gasteiger charge is -2.09. The molecule has 102 valence electrons. The first-order valence-electron chi connectivity index (χ1n) is 6.51. The van der Waals surface area contributed by atoms with E-state index >= 15 is 0 Å². The third kappa shape index (κ3) is 3.19. The first-order chi connectivity index (χ1) is 9.26. The molecule has 2 atom stereocenters. The molecular formula is C14H19N3O2. The molecule has 0 radical (unpaired) electrons. The zero-order chi connectivity index (χ0) is 13.7. The first-order valence-corrected chi connectivity index (χ1v) is 6.51. The Morgan fingerprint density at radius 1 is 1.26 bits per heavy atom. The second kappa shape index (κ2) is 6.45. The van der Waals surface area contributed by atoms with Gasteiger partial charge >= 0.3 is 0 Å². The number of nitrogens with two attached hydrogens (primary N) is 1. The molecule has 0 saturated carbocycles. The Bertz CT molecular complexity index is 498. The summed E-state index contributed by atoms with van der Waals surface area (Å²) in [4.78, 5) is 4.35. The minimum Gasteiger partial charge on any atom is -0.370 e. The molecule has 0 aliphatic rings. The highest BCUT2D eigenvalue weighted by Gasteiger charge is 2.21. The van der Waals surface area contributed by atoms with Gasteiger partial charge in [-0.05, 0) is 18.9 Å². The minimum atomic E-state index is -0.401. The Labute approximate surface area is 112 Å². The molecule has 0 amide bonds. The predicted molar refractivity (Wildman–Crippen MR) is 71.4 cm³/mol. The summed E-state index contributed by atoms with van der Waals surface area (Å²) in [5, 5.41) is 3.96. The maximum atomic E-state index is 6.11. The van der Waals surface area contributed by atoms with Crippen molar-refractivity contribution in [3.05, 3.63) is 47.6 Å². The van der Waals surface area contributed by atoms with Crippen molar-refractivity contribution in [3.63, 3.8) is 0 Å². The topological polar surface area (TPSA) is 74.2 Å². The molecule has 2 aromatic rings. The van der Waals surface area contributed by atoms with Crippen molar-refractivity contribution in [2.45, 2.75) is 32.4 Å². The molecule has 0 aliphatic carbocycles. The quantitative estimate of drug-likeness (QED) is 0.865. The molecule has 1 aromatic carbocycles. The summed E-state index contributed by atoms with van der Waals surface area (Å²) in [6.45, 7) is 4.58. The van der Waals surface area contributed by atoms with E-state index in [1.54, 1.807) is 0 Å². The lowest BCUT2D eigenvalue weighted by atomic mass is 10.1. The van der Waals surface area contributed by atoms with Crippen LogP contribution in [0.3, 0.4) is 0 Å². The molecule has 5 heteroatoms. The number of benzene rings is 1. The highest BCUT2D eigenvalue weighted by atomic mass is 16.5. The summed E-state index contributed by atoms with van der Waals surface area (Å²) in [7, 11) is 0. The maximum absolute atomic E-state index is 6.11. The zero-order valence-corrected chi connectivity index (χ0v) is 11.2. The van der Waals surface area contributed by atoms with E-state index in [1.807, 2.05) is 44.2 Å². The Morgan fingerprint density at radius 3 is 2.63 bits per heavy atom. The molecule has 5 nitrogen and oxygen atoms in total. The largest absolute Gasteiger partial charge is 0.370 e. The van der Waals surface area contributed by atoms with Crippen LogP contribution in [-0.4, -0.2) is 16.7 Å². The molecule has 2 N–H and O–H groups in total. The van der Waals surface area contributed by atoms with Gasteiger partial charge in [0.15, 0.2) is 0 Å². The van der Waals surface area contributed by atoms with Crippen LogP contribution in [-0.2, 0) is 4.74 Å². The van der Waals surface area contributed by atoms with Crippen molar-refractivity contribution in [1.29, 1.82) is 0 Å². The molecule has 1 unspecified atom stereocenters. The van der Waals surface area contributed by atoms with Crippen molar-refractivity contribution >= 4 is 0 Å². The summed E-state index contributed by atoms with van der Waals surface area (Å²) in [5.74, 6) is 0.977. The van der Waals surface area contributed by atoms with Crippen LogP contribution in [0.25, 0.3) is 0 Å². The van der Waals surface area contributed by atoms with Crippen LogP contribution < -0.4 is 5.73 Å². The van der Waals surface area contributed by atoms with Crippen LogP contribution in [0, 0.1) is 0 Å². The number of hydrogen-bond donors (Lipinski definition) is 1. The fourth-order valence-electron chi connectivity index (χ4n) is 1.88. The van der Waals surface area contributed by atoms with Gasteiger partial charge in [0.05, 0.1) is 0 Å². The van der Waals surface area contributed by atoms with E-state index in [0.717, 1.165) is 12.0 Å². The van der Waals surface area contributed by atoms with E-state index in [1.165, 1.54) is 0 Å². The number of nitrogens with zero attached hydrogens (tertiary/aromatic N) is 2. The molecule has 1 heterocycles. The van der Waals surface area contributed by atoms with E-state index in [0.29, 0.717) is 18.3 Å². The van der Waals surface area contributed by atoms with Gasteiger partial charge in [-0.2, -0.15) is 4.98 Å². The van der Waals surface area contributed by atoms with Gasteiger partial charge in [-0.25, -0.2) is 0 Å². The smallest absolute Gasteiger partial charge is 0.248 e. The van der Waals surface area contributed by atoms with Crippen LogP contribution in [0.4, 0.5) is 0 Å². The van der Waals surface area contributed by atoms with E-state index < -0.39 is 6.04 Å². The lowest BCUT2D eigenvalue weighted by Crippen LogP contribution is -2.12. The fraction of sp³-hybridized carbons (Fsp3) is 0.429. The predicted octanol–water partition coefficient (Wildman–Crippen LogP) is 2.61. The molecule has 0 bridgehead atoms. The van der Waals surface area contributed by atoms with E-state index in [-0.39, 0.29) is 6.10 Å². The van der Waals surface area contributed by atoms with Crippen LogP contribution in [0.2, 0.25) is 0 Å². The monoisotopic (exact) mass is 261 g/mol. The fourth-order valence-corrected chi connectivity index (χ4v) is 1.88. The minimum absolute atomic E-state index is 0.134. The van der Waals surface area contributed by atoms with Crippen molar-refractivity contribution in [2.24, 2.45) is 5.73 Å². The molecule has 0 aliphatic heterocycles. The maximum Gasteiger partial charge on any atom is 0.248 e. The summed E-state index contributed by atoms with van der Waals surface area (Å²) in [6.07, 6.45) is 0.665. The molecular weight excluding hydrogens is 242 g/mol. The molecule has 2 rings (SSSR count). The third-order valence-corrected chi connectivity index (χ3v) is 2.91. The van der Waals surface area contributed by atoms with Crippen LogP contribution in [0.15, 0.2) is 34.9 Å². The summed E-state index contributed by atoms with van der Waals surface area (Å²) in [5.41, 5.74) is 7.05. The van der Waals surface area contributed by atoms with Gasteiger partial charge in [0.2, 0.25) is 11.7 Å². The highest BCUT2D eigenvalue weighted by Crippen LogP contribution is 2.22. The molecule has 0 spiro atoms. The Hall–Kier alpha value is -1.72. The van der Waals surface area contributed by atoms with Crippen molar-refractivity contribution < 1.29 is 9.26 Å². The number of hydrogen-bond acceptors (Lipinski definition) is 5. The second-order valence-electron chi connectivity index (χ2n) is 4.23. The average molecular weight is 261 g/mol. The standard InChI is InChI=1S/C14H19N3O2/c1-3-11(18-4-2)13-16-14(19-17-13)12(15)10-8-6-5-7-9-10/h5-9,11-12H,3-4,15H2,1-2H3/t11?,12-/m0/s1. The average Bonchev–Trinajstić information content (AvgIpc) is 2.94. The second-order valence-corrected chi connectivity index (χ2v) is 4.23. The molecule has 0 saturated heterocycles. The van der Waals surface area contributed by atoms with Crippen molar-refractivity contribution in [1.82, 2.24) is 10.1 Å². The van der Waals surface area contributed by atoms with Gasteiger partial charge < -0.3 is 15.0 Å². The van der Waals surface area contributed by atoms with E-state index in [4.69, 9.17) is 15.0 Å². The summed E-state index contributed by atoms with van der Waals surface area (Å²) in [6, 6.07) is 9.28. The third-order valence-electron chi connectivity index (χ3n) is 2.91. The molecule has 0 fully saturated rings. The van der Waals surface area contributed by atoms with Gasteiger partial charge in [-0.1, -0.05) is 42.4 Å². The lowest BCUT2D eigenvalue weighted by molar-refractivity contribution is 0.0518. The summed E-state index contributed by atoms with van der Waals surface area (Å²) < 4.78 is 10.8. The number of aromatic nitrogens is 2. The van der Waals surface area contributed by atoms with Gasteiger partial charge in [0.25, 0.3) is 0 Å². The van der Waals surface area contributed by atoms with Crippen molar-refractivity contribution in [2.75, 3.05) is 6.61 Å². The van der Waals surface area contributed by atoms with Gasteiger partial charge in [0, 0.05) is 6.61 Å².